The molecular formula is C22H28N2O3. The van der Waals surface area contributed by atoms with Gasteiger partial charge < -0.3 is 9.67 Å². The number of Topliss-reactive ketones (excluding diaryl/α,β-unsaturated/α-hetero) is 1. The molecule has 27 heavy (non-hydrogen) atoms. The van der Waals surface area contributed by atoms with E-state index in [0.29, 0.717) is 13.0 Å². The Bertz CT molecular complexity index is 810. The second-order valence-electron chi connectivity index (χ2n) is 7.42. The number of carbonyl (C=O) groups is 2. The van der Waals surface area contributed by atoms with Crippen molar-refractivity contribution >= 4 is 11.8 Å². The molecule has 0 amide bonds. The summed E-state index contributed by atoms with van der Waals surface area (Å²) in [5, 5.41) is 9.42. The van der Waals surface area contributed by atoms with E-state index in [1.807, 2.05) is 43.0 Å². The molecule has 1 atom stereocenters. The summed E-state index contributed by atoms with van der Waals surface area (Å²) in [5.41, 5.74) is 4.03. The van der Waals surface area contributed by atoms with Crippen LogP contribution in [0, 0.1) is 13.8 Å². The van der Waals surface area contributed by atoms with Crippen LogP contribution in [-0.2, 0) is 17.8 Å². The van der Waals surface area contributed by atoms with Gasteiger partial charge in [0.1, 0.15) is 6.04 Å². The van der Waals surface area contributed by atoms with Gasteiger partial charge in [0.05, 0.1) is 6.54 Å². The number of aryl methyl sites for hydroxylation is 2. The first-order valence-electron chi connectivity index (χ1n) is 9.68. The fourth-order valence-electron chi connectivity index (χ4n) is 4.04. The van der Waals surface area contributed by atoms with Crippen molar-refractivity contribution in [3.63, 3.8) is 0 Å². The molecule has 0 aliphatic carbocycles. The van der Waals surface area contributed by atoms with Crippen LogP contribution >= 0.6 is 0 Å². The van der Waals surface area contributed by atoms with Gasteiger partial charge in [-0.15, -0.1) is 0 Å². The summed E-state index contributed by atoms with van der Waals surface area (Å²) in [5.74, 6) is -0.807. The number of carboxylic acids is 1. The highest BCUT2D eigenvalue weighted by atomic mass is 16.4. The maximum atomic E-state index is 12.9. The molecule has 1 aliphatic heterocycles. The Morgan fingerprint density at radius 2 is 1.89 bits per heavy atom. The number of aliphatic carboxylic acids is 1. The normalized spacial score (nSPS) is 17.8. The molecular weight excluding hydrogens is 340 g/mol. The molecule has 2 heterocycles. The third-order valence-electron chi connectivity index (χ3n) is 5.59. The predicted octanol–water partition coefficient (Wildman–Crippen LogP) is 3.47. The van der Waals surface area contributed by atoms with E-state index in [4.69, 9.17) is 0 Å². The Hall–Kier alpha value is -2.40. The van der Waals surface area contributed by atoms with Crippen LogP contribution in [0.2, 0.25) is 0 Å². The van der Waals surface area contributed by atoms with E-state index in [-0.39, 0.29) is 12.3 Å². The van der Waals surface area contributed by atoms with Crippen molar-refractivity contribution in [2.75, 3.05) is 13.1 Å². The van der Waals surface area contributed by atoms with E-state index >= 15 is 0 Å². The third-order valence-corrected chi connectivity index (χ3v) is 5.59. The van der Waals surface area contributed by atoms with E-state index in [0.717, 1.165) is 42.8 Å². The van der Waals surface area contributed by atoms with Gasteiger partial charge in [0.25, 0.3) is 0 Å². The molecule has 144 valence electrons. The highest BCUT2D eigenvalue weighted by Crippen LogP contribution is 2.21. The number of piperidine rings is 1. The van der Waals surface area contributed by atoms with Crippen molar-refractivity contribution < 1.29 is 14.7 Å². The van der Waals surface area contributed by atoms with Crippen LogP contribution in [0.5, 0.6) is 0 Å². The quantitative estimate of drug-likeness (QED) is 0.760. The average Bonchev–Trinajstić information content (AvgIpc) is 2.95. The van der Waals surface area contributed by atoms with Gasteiger partial charge in [-0.3, -0.25) is 14.5 Å². The minimum atomic E-state index is -0.823. The molecule has 1 saturated heterocycles. The summed E-state index contributed by atoms with van der Waals surface area (Å²) in [6.07, 6.45) is 3.40. The number of ketones is 1. The molecule has 0 spiro atoms. The van der Waals surface area contributed by atoms with Crippen molar-refractivity contribution in [1.82, 2.24) is 9.47 Å². The number of carbonyl (C=O) groups excluding carboxylic acids is 1. The Kier molecular flexibility index (Phi) is 6.11. The van der Waals surface area contributed by atoms with Gasteiger partial charge in [-0.2, -0.15) is 0 Å². The second kappa shape index (κ2) is 8.53. The summed E-state index contributed by atoms with van der Waals surface area (Å²) in [6.45, 7) is 5.69. The van der Waals surface area contributed by atoms with Crippen LogP contribution < -0.4 is 0 Å². The standard InChI is InChI=1S/C22H28N2O3/c1-16-14-19(17(2)24(16)13-11-18-8-4-3-5-9-18)21(25)15-23-12-7-6-10-20(23)22(26)27/h3-5,8-9,14,20H,6-7,10-13,15H2,1-2H3,(H,26,27). The Morgan fingerprint density at radius 3 is 2.59 bits per heavy atom. The Balaban J connectivity index is 1.71. The zero-order chi connectivity index (χ0) is 19.4. The van der Waals surface area contributed by atoms with Crippen LogP contribution in [0.25, 0.3) is 0 Å². The maximum Gasteiger partial charge on any atom is 0.320 e. The lowest BCUT2D eigenvalue weighted by molar-refractivity contribution is -0.144. The van der Waals surface area contributed by atoms with E-state index in [1.54, 1.807) is 0 Å². The molecule has 0 bridgehead atoms. The van der Waals surface area contributed by atoms with Crippen LogP contribution in [-0.4, -0.2) is 45.5 Å². The van der Waals surface area contributed by atoms with Gasteiger partial charge >= 0.3 is 5.97 Å². The van der Waals surface area contributed by atoms with E-state index < -0.39 is 12.0 Å². The summed E-state index contributed by atoms with van der Waals surface area (Å²) < 4.78 is 2.19. The van der Waals surface area contributed by atoms with Crippen LogP contribution in [0.15, 0.2) is 36.4 Å². The molecule has 2 aromatic rings. The summed E-state index contributed by atoms with van der Waals surface area (Å²) in [6, 6.07) is 11.7. The van der Waals surface area contributed by atoms with Crippen molar-refractivity contribution in [1.29, 1.82) is 0 Å². The molecule has 3 rings (SSSR count). The second-order valence-corrected chi connectivity index (χ2v) is 7.42. The first-order chi connectivity index (χ1) is 13.0. The highest BCUT2D eigenvalue weighted by molar-refractivity contribution is 5.99. The maximum absolute atomic E-state index is 12.9. The SMILES string of the molecule is Cc1cc(C(=O)CN2CCCCC2C(=O)O)c(C)n1CCc1ccccc1. The number of hydrogen-bond acceptors (Lipinski definition) is 3. The lowest BCUT2D eigenvalue weighted by atomic mass is 10.0. The fourth-order valence-corrected chi connectivity index (χ4v) is 4.04. The van der Waals surface area contributed by atoms with Gasteiger partial charge in [-0.05, 0) is 51.3 Å². The summed E-state index contributed by atoms with van der Waals surface area (Å²) >= 11 is 0. The molecule has 1 aromatic heterocycles. The number of nitrogens with zero attached hydrogens (tertiary/aromatic N) is 2. The Labute approximate surface area is 160 Å². The predicted molar refractivity (Wildman–Crippen MR) is 105 cm³/mol. The minimum absolute atomic E-state index is 0.0159. The molecule has 0 radical (unpaired) electrons. The van der Waals surface area contributed by atoms with Crippen molar-refractivity contribution in [3.8, 4) is 0 Å². The molecule has 5 heteroatoms. The molecule has 0 saturated carbocycles. The number of aromatic nitrogens is 1. The number of benzene rings is 1. The topological polar surface area (TPSA) is 62.5 Å². The third kappa shape index (κ3) is 4.48. The summed E-state index contributed by atoms with van der Waals surface area (Å²) in [4.78, 5) is 26.2. The van der Waals surface area contributed by atoms with Gasteiger partial charge in [-0.1, -0.05) is 36.8 Å². The van der Waals surface area contributed by atoms with Crippen molar-refractivity contribution in [3.05, 3.63) is 58.9 Å². The number of likely N-dealkylation sites (tertiary alicyclic amines) is 1. The number of carboxylic acid groups (broad SMARTS) is 1. The monoisotopic (exact) mass is 368 g/mol. The minimum Gasteiger partial charge on any atom is -0.480 e. The van der Waals surface area contributed by atoms with Crippen molar-refractivity contribution in [2.45, 2.75) is 52.1 Å². The molecule has 1 N–H and O–H groups in total. The number of rotatable bonds is 7. The van der Waals surface area contributed by atoms with Gasteiger partial charge in [0.15, 0.2) is 5.78 Å². The Morgan fingerprint density at radius 1 is 1.15 bits per heavy atom. The van der Waals surface area contributed by atoms with Crippen molar-refractivity contribution in [2.24, 2.45) is 0 Å². The van der Waals surface area contributed by atoms with Crippen LogP contribution in [0.1, 0.15) is 46.6 Å². The molecule has 1 aliphatic rings. The van der Waals surface area contributed by atoms with E-state index in [2.05, 4.69) is 16.7 Å². The molecule has 1 unspecified atom stereocenters. The number of hydrogen-bond donors (Lipinski definition) is 1. The lowest BCUT2D eigenvalue weighted by Crippen LogP contribution is -2.46. The van der Waals surface area contributed by atoms with Gasteiger partial charge in [0.2, 0.25) is 0 Å². The van der Waals surface area contributed by atoms with E-state index in [1.165, 1.54) is 5.56 Å². The zero-order valence-electron chi connectivity index (χ0n) is 16.1. The first kappa shape index (κ1) is 19.4. The summed E-state index contributed by atoms with van der Waals surface area (Å²) in [7, 11) is 0. The average molecular weight is 368 g/mol. The van der Waals surface area contributed by atoms with Gasteiger partial charge in [0, 0.05) is 23.5 Å². The fraction of sp³-hybridized carbons (Fsp3) is 0.455. The highest BCUT2D eigenvalue weighted by Gasteiger charge is 2.30. The largest absolute Gasteiger partial charge is 0.480 e. The smallest absolute Gasteiger partial charge is 0.320 e. The van der Waals surface area contributed by atoms with E-state index in [9.17, 15) is 14.7 Å². The molecule has 1 fully saturated rings. The zero-order valence-corrected chi connectivity index (χ0v) is 16.1. The lowest BCUT2D eigenvalue weighted by Gasteiger charge is -2.32. The van der Waals surface area contributed by atoms with Crippen LogP contribution in [0.4, 0.5) is 0 Å². The first-order valence-corrected chi connectivity index (χ1v) is 9.68. The molecule has 1 aromatic carbocycles. The van der Waals surface area contributed by atoms with Crippen LogP contribution in [0.3, 0.4) is 0 Å². The van der Waals surface area contributed by atoms with Gasteiger partial charge in [-0.25, -0.2) is 0 Å². The molecule has 5 nitrogen and oxygen atoms in total.